The Morgan fingerprint density at radius 2 is 2.09 bits per heavy atom. The van der Waals surface area contributed by atoms with Crippen LogP contribution in [0.25, 0.3) is 10.9 Å². The van der Waals surface area contributed by atoms with E-state index in [4.69, 9.17) is 4.74 Å². The highest BCUT2D eigenvalue weighted by Crippen LogP contribution is 2.36. The summed E-state index contributed by atoms with van der Waals surface area (Å²) >= 11 is 0. The molecule has 2 aromatic heterocycles. The number of aliphatic hydroxyl groups is 1. The largest absolute Gasteiger partial charge is 0.618 e. The molecule has 1 fully saturated rings. The molecule has 3 aromatic rings. The summed E-state index contributed by atoms with van der Waals surface area (Å²) in [7, 11) is 0. The van der Waals surface area contributed by atoms with E-state index in [1.807, 2.05) is 17.8 Å². The van der Waals surface area contributed by atoms with E-state index in [2.05, 4.69) is 10.4 Å². The van der Waals surface area contributed by atoms with Crippen molar-refractivity contribution in [1.82, 2.24) is 9.78 Å². The van der Waals surface area contributed by atoms with Gasteiger partial charge in [-0.05, 0) is 51.7 Å². The van der Waals surface area contributed by atoms with Crippen LogP contribution in [0.1, 0.15) is 68.7 Å². The number of halogens is 2. The molecule has 182 valence electrons. The summed E-state index contributed by atoms with van der Waals surface area (Å²) < 4.78 is 34.9. The minimum absolute atomic E-state index is 0.0513. The van der Waals surface area contributed by atoms with Crippen LogP contribution >= 0.6 is 0 Å². The SMILES string of the molecule is CCOc1cc2nn(C3CCC(C)(O)CC3)cc2cc1NC(=O)c1cccc(C(C)(F)F)[n+]1[O-]. The number of alkyl halides is 2. The van der Waals surface area contributed by atoms with Crippen molar-refractivity contribution in [3.8, 4) is 5.75 Å². The first-order valence-corrected chi connectivity index (χ1v) is 11.3. The normalized spacial score (nSPS) is 20.9. The lowest BCUT2D eigenvalue weighted by Gasteiger charge is -2.33. The minimum Gasteiger partial charge on any atom is -0.618 e. The molecule has 1 aromatic carbocycles. The third-order valence-electron chi connectivity index (χ3n) is 6.21. The molecule has 1 aliphatic rings. The number of ether oxygens (including phenoxy) is 1. The number of rotatable bonds is 6. The van der Waals surface area contributed by atoms with Crippen LogP contribution in [0.15, 0.2) is 36.5 Å². The van der Waals surface area contributed by atoms with Gasteiger partial charge in [0.15, 0.2) is 0 Å². The van der Waals surface area contributed by atoms with Gasteiger partial charge in [0.05, 0.1) is 29.5 Å². The van der Waals surface area contributed by atoms with Crippen molar-refractivity contribution >= 4 is 22.5 Å². The second-order valence-electron chi connectivity index (χ2n) is 9.11. The van der Waals surface area contributed by atoms with Gasteiger partial charge in [0.2, 0.25) is 0 Å². The van der Waals surface area contributed by atoms with Gasteiger partial charge in [0.1, 0.15) is 5.75 Å². The molecule has 2 N–H and O–H groups in total. The minimum atomic E-state index is -3.39. The Balaban J connectivity index is 1.64. The van der Waals surface area contributed by atoms with E-state index in [9.17, 15) is 23.9 Å². The Bertz CT molecular complexity index is 1210. The van der Waals surface area contributed by atoms with Crippen molar-refractivity contribution in [1.29, 1.82) is 0 Å². The summed E-state index contributed by atoms with van der Waals surface area (Å²) in [6.45, 7) is 4.56. The van der Waals surface area contributed by atoms with Gasteiger partial charge < -0.3 is 20.4 Å². The molecule has 10 heteroatoms. The number of nitrogens with zero attached hydrogens (tertiary/aromatic N) is 3. The van der Waals surface area contributed by atoms with E-state index in [-0.39, 0.29) is 10.8 Å². The van der Waals surface area contributed by atoms with Gasteiger partial charge in [0.25, 0.3) is 11.4 Å². The third kappa shape index (κ3) is 4.82. The lowest BCUT2D eigenvalue weighted by atomic mass is 9.84. The average Bonchev–Trinajstić information content (AvgIpc) is 3.16. The summed E-state index contributed by atoms with van der Waals surface area (Å²) in [5, 5.41) is 30.7. The average molecular weight is 475 g/mol. The molecule has 0 saturated heterocycles. The molecule has 0 radical (unpaired) electrons. The van der Waals surface area contributed by atoms with Crippen LogP contribution in [-0.4, -0.2) is 33.0 Å². The number of fused-ring (bicyclic) bond motifs is 1. The Kier molecular flexibility index (Phi) is 6.20. The number of hydrogen-bond donors (Lipinski definition) is 2. The summed E-state index contributed by atoms with van der Waals surface area (Å²) in [4.78, 5) is 12.8. The van der Waals surface area contributed by atoms with Crippen molar-refractivity contribution < 1.29 is 28.1 Å². The molecule has 0 unspecified atom stereocenters. The summed E-state index contributed by atoms with van der Waals surface area (Å²) in [6, 6.07) is 6.96. The first-order chi connectivity index (χ1) is 16.0. The summed E-state index contributed by atoms with van der Waals surface area (Å²) in [5.41, 5.74) is -0.940. The maximum Gasteiger partial charge on any atom is 0.328 e. The monoisotopic (exact) mass is 474 g/mol. The molecule has 34 heavy (non-hydrogen) atoms. The number of hydrogen-bond acceptors (Lipinski definition) is 5. The number of carbonyl (C=O) groups is 1. The van der Waals surface area contributed by atoms with Gasteiger partial charge in [0, 0.05) is 36.7 Å². The fraction of sp³-hybridized carbons (Fsp3) is 0.458. The number of carbonyl (C=O) groups excluding carboxylic acids is 1. The second-order valence-corrected chi connectivity index (χ2v) is 9.11. The topological polar surface area (TPSA) is 103 Å². The van der Waals surface area contributed by atoms with Crippen LogP contribution in [0.2, 0.25) is 0 Å². The number of aromatic nitrogens is 3. The zero-order chi connectivity index (χ0) is 24.7. The number of anilines is 1. The van der Waals surface area contributed by atoms with Crippen LogP contribution < -0.4 is 14.8 Å². The van der Waals surface area contributed by atoms with Gasteiger partial charge in [-0.2, -0.15) is 18.6 Å². The van der Waals surface area contributed by atoms with E-state index in [0.29, 0.717) is 43.3 Å². The Morgan fingerprint density at radius 3 is 2.74 bits per heavy atom. The van der Waals surface area contributed by atoms with E-state index >= 15 is 0 Å². The standard InChI is InChI=1S/C24H28F2N4O4/c1-4-34-20-13-17-15(14-29(28-17)16-8-10-23(2,32)11-9-16)12-18(20)27-22(31)19-6-5-7-21(30(19)33)24(3,25)26/h5-7,12-14,16,32H,4,8-11H2,1-3H3,(H,27,31). The molecule has 4 rings (SSSR count). The van der Waals surface area contributed by atoms with Crippen molar-refractivity contribution in [2.45, 2.75) is 64.0 Å². The molecule has 0 bridgehead atoms. The van der Waals surface area contributed by atoms with Crippen LogP contribution in [0.5, 0.6) is 5.75 Å². The van der Waals surface area contributed by atoms with Crippen LogP contribution in [-0.2, 0) is 5.92 Å². The number of nitrogens with one attached hydrogen (secondary N) is 1. The summed E-state index contributed by atoms with van der Waals surface area (Å²) in [5.74, 6) is -3.87. The quantitative estimate of drug-likeness (QED) is 0.410. The molecule has 1 amide bonds. The molecule has 0 aliphatic heterocycles. The number of pyridine rings is 1. The second kappa shape index (κ2) is 8.83. The molecule has 1 aliphatic carbocycles. The first kappa shape index (κ1) is 23.9. The summed E-state index contributed by atoms with van der Waals surface area (Å²) in [6.07, 6.45) is 4.84. The first-order valence-electron chi connectivity index (χ1n) is 11.3. The van der Waals surface area contributed by atoms with Gasteiger partial charge in [-0.3, -0.25) is 9.48 Å². The van der Waals surface area contributed by atoms with E-state index in [0.717, 1.165) is 24.3 Å². The van der Waals surface area contributed by atoms with Crippen LogP contribution in [0, 0.1) is 5.21 Å². The molecule has 8 nitrogen and oxygen atoms in total. The molecule has 1 saturated carbocycles. The van der Waals surface area contributed by atoms with Gasteiger partial charge >= 0.3 is 11.8 Å². The molecular formula is C24H28F2N4O4. The van der Waals surface area contributed by atoms with Crippen LogP contribution in [0.3, 0.4) is 0 Å². The lowest BCUT2D eigenvalue weighted by Crippen LogP contribution is -2.43. The van der Waals surface area contributed by atoms with Crippen molar-refractivity contribution in [2.24, 2.45) is 0 Å². The number of amides is 1. The van der Waals surface area contributed by atoms with Crippen LogP contribution in [0.4, 0.5) is 14.5 Å². The molecule has 0 atom stereocenters. The maximum atomic E-state index is 13.7. The Hall–Kier alpha value is -3.27. The zero-order valence-electron chi connectivity index (χ0n) is 19.3. The Morgan fingerprint density at radius 1 is 1.38 bits per heavy atom. The predicted octanol–water partition coefficient (Wildman–Crippen LogP) is 4.30. The lowest BCUT2D eigenvalue weighted by molar-refractivity contribution is -0.626. The predicted molar refractivity (Wildman–Crippen MR) is 122 cm³/mol. The highest BCUT2D eigenvalue weighted by Gasteiger charge is 2.35. The van der Waals surface area contributed by atoms with Gasteiger partial charge in [-0.15, -0.1) is 0 Å². The molecular weight excluding hydrogens is 446 g/mol. The third-order valence-corrected chi connectivity index (χ3v) is 6.21. The van der Waals surface area contributed by atoms with E-state index in [1.165, 1.54) is 12.1 Å². The smallest absolute Gasteiger partial charge is 0.328 e. The number of benzene rings is 1. The zero-order valence-corrected chi connectivity index (χ0v) is 19.3. The van der Waals surface area contributed by atoms with Crippen molar-refractivity contribution in [3.63, 3.8) is 0 Å². The molecule has 0 spiro atoms. The maximum absolute atomic E-state index is 13.7. The fourth-order valence-electron chi connectivity index (χ4n) is 4.29. The van der Waals surface area contributed by atoms with Crippen molar-refractivity contribution in [2.75, 3.05) is 11.9 Å². The van der Waals surface area contributed by atoms with E-state index < -0.39 is 28.8 Å². The van der Waals surface area contributed by atoms with Gasteiger partial charge in [-0.1, -0.05) is 0 Å². The highest BCUT2D eigenvalue weighted by atomic mass is 19.3. The van der Waals surface area contributed by atoms with Crippen molar-refractivity contribution in [3.05, 3.63) is 53.1 Å². The highest BCUT2D eigenvalue weighted by molar-refractivity contribution is 6.04. The molecule has 2 heterocycles. The fourth-order valence-corrected chi connectivity index (χ4v) is 4.29. The van der Waals surface area contributed by atoms with Gasteiger partial charge in [-0.25, -0.2) is 0 Å². The Labute approximate surface area is 195 Å². The van der Waals surface area contributed by atoms with E-state index in [1.54, 1.807) is 19.1 Å².